The fraction of sp³-hybridized carbons (Fsp3) is 0.353. The normalized spacial score (nSPS) is 21.9. The Hall–Kier alpha value is -3.48. The first-order chi connectivity index (χ1) is 19.3. The molecule has 0 aromatic heterocycles. The van der Waals surface area contributed by atoms with Crippen molar-refractivity contribution in [1.82, 2.24) is 4.90 Å². The van der Waals surface area contributed by atoms with E-state index >= 15 is 0 Å². The highest BCUT2D eigenvalue weighted by molar-refractivity contribution is 6.98. The number of benzene rings is 3. The lowest BCUT2D eigenvalue weighted by Crippen LogP contribution is -2.65. The van der Waals surface area contributed by atoms with Crippen molar-refractivity contribution < 1.29 is 19.1 Å². The molecule has 1 aliphatic heterocycles. The van der Waals surface area contributed by atoms with Crippen molar-refractivity contribution in [2.45, 2.75) is 57.0 Å². The third kappa shape index (κ3) is 5.69. The zero-order chi connectivity index (χ0) is 28.2. The van der Waals surface area contributed by atoms with Crippen molar-refractivity contribution >= 4 is 30.7 Å². The first-order valence-electron chi connectivity index (χ1n) is 14.4. The molecule has 0 bridgehead atoms. The number of ether oxygens (including phenoxy) is 1. The number of carbonyl (C=O) groups is 2. The Morgan fingerprint density at radius 1 is 0.900 bits per heavy atom. The summed E-state index contributed by atoms with van der Waals surface area (Å²) in [5.41, 5.74) is 0.896. The van der Waals surface area contributed by atoms with Gasteiger partial charge in [-0.05, 0) is 71.0 Å². The van der Waals surface area contributed by atoms with Gasteiger partial charge >= 0.3 is 6.09 Å². The Morgan fingerprint density at radius 3 is 1.98 bits per heavy atom. The van der Waals surface area contributed by atoms with E-state index in [1.165, 1.54) is 4.90 Å². The summed E-state index contributed by atoms with van der Waals surface area (Å²) in [4.78, 5) is 39.1. The van der Waals surface area contributed by atoms with Crippen LogP contribution in [0.1, 0.15) is 57.6 Å². The Morgan fingerprint density at radius 2 is 1.43 bits per heavy atom. The van der Waals surface area contributed by atoms with E-state index in [1.54, 1.807) is 6.08 Å². The van der Waals surface area contributed by atoms with Crippen LogP contribution in [0.3, 0.4) is 0 Å². The van der Waals surface area contributed by atoms with Gasteiger partial charge in [-0.25, -0.2) is 9.69 Å². The number of allylic oxidation sites excluding steroid dienone is 1. The van der Waals surface area contributed by atoms with Crippen molar-refractivity contribution in [3.8, 4) is 0 Å². The summed E-state index contributed by atoms with van der Waals surface area (Å²) in [7, 11) is -3.02. The number of rotatable bonds is 8. The predicted octanol–water partition coefficient (Wildman–Crippen LogP) is 5.99. The largest absolute Gasteiger partial charge is 0.446 e. The van der Waals surface area contributed by atoms with Crippen molar-refractivity contribution in [2.75, 3.05) is 6.61 Å². The zero-order valence-corrected chi connectivity index (χ0v) is 24.4. The van der Waals surface area contributed by atoms with Gasteiger partial charge in [-0.15, -0.1) is 0 Å². The van der Waals surface area contributed by atoms with Crippen LogP contribution < -0.4 is 10.4 Å². The maximum absolute atomic E-state index is 13.0. The summed E-state index contributed by atoms with van der Waals surface area (Å²) in [5, 5.41) is 1.84. The highest BCUT2D eigenvalue weighted by Crippen LogP contribution is 2.45. The molecular weight excluding hydrogens is 514 g/mol. The molecule has 3 aromatic carbocycles. The number of carbonyl (C=O) groups excluding carboxylic acids is 2. The zero-order valence-electron chi connectivity index (χ0n) is 23.4. The smallest absolute Gasteiger partial charge is 0.417 e. The number of nitrogens with zero attached hydrogens (tertiary/aromatic N) is 1. The highest BCUT2D eigenvalue weighted by Gasteiger charge is 2.50. The van der Waals surface area contributed by atoms with Crippen LogP contribution >= 0.6 is 0 Å². The number of imide groups is 1. The maximum Gasteiger partial charge on any atom is 0.417 e. The van der Waals surface area contributed by atoms with Gasteiger partial charge in [0.2, 0.25) is 0 Å². The molecule has 0 unspecified atom stereocenters. The average Bonchev–Trinajstić information content (AvgIpc) is 3.38. The fourth-order valence-corrected chi connectivity index (χ4v) is 10.5. The van der Waals surface area contributed by atoms with Crippen LogP contribution in [-0.4, -0.2) is 36.6 Å². The molecule has 1 saturated heterocycles. The van der Waals surface area contributed by atoms with Crippen molar-refractivity contribution in [2.24, 2.45) is 11.8 Å². The van der Waals surface area contributed by atoms with E-state index in [0.717, 1.165) is 48.0 Å². The summed E-state index contributed by atoms with van der Waals surface area (Å²) < 4.78 is 5.21. The molecular formula is C34H39NO4Si. The van der Waals surface area contributed by atoms with Gasteiger partial charge in [0.05, 0.1) is 0 Å². The van der Waals surface area contributed by atoms with Crippen LogP contribution in [0.4, 0.5) is 4.79 Å². The second-order valence-electron chi connectivity index (χ2n) is 11.9. The van der Waals surface area contributed by atoms with Crippen LogP contribution in [0.5, 0.6) is 0 Å². The molecule has 5 rings (SSSR count). The molecule has 2 amide bonds. The van der Waals surface area contributed by atoms with Gasteiger partial charge in [-0.1, -0.05) is 111 Å². The second kappa shape index (κ2) is 11.9. The van der Waals surface area contributed by atoms with Crippen LogP contribution in [-0.2, 0) is 9.53 Å². The Bertz CT molecular complexity index is 1280. The van der Waals surface area contributed by atoms with Crippen molar-refractivity contribution in [3.63, 3.8) is 0 Å². The van der Waals surface area contributed by atoms with Gasteiger partial charge in [0.1, 0.15) is 12.6 Å². The van der Waals surface area contributed by atoms with E-state index in [1.807, 2.05) is 72.8 Å². The van der Waals surface area contributed by atoms with Crippen LogP contribution in [0, 0.1) is 11.8 Å². The Kier molecular flexibility index (Phi) is 8.38. The summed E-state index contributed by atoms with van der Waals surface area (Å²) in [6.45, 7) is 4.66. The summed E-state index contributed by atoms with van der Waals surface area (Å²) in [6.07, 6.45) is 8.01. The lowest BCUT2D eigenvalue weighted by atomic mass is 9.78. The van der Waals surface area contributed by atoms with E-state index in [-0.39, 0.29) is 23.6 Å². The number of cyclic esters (lactones) is 1. The molecule has 2 fully saturated rings. The van der Waals surface area contributed by atoms with E-state index in [2.05, 4.69) is 38.1 Å². The molecule has 1 aliphatic carbocycles. The Labute approximate surface area is 238 Å². The third-order valence-electron chi connectivity index (χ3n) is 8.86. The molecule has 6 heteroatoms. The SMILES string of the molecule is CC(C)(C[C@H]1CC[C@H](/C=C/C(=O)N2C(=O)OC[C@H]2c2ccccc2)CC1)[Si](O)(c1ccccc1)c1ccccc1. The molecule has 2 aliphatic rings. The van der Waals surface area contributed by atoms with E-state index in [9.17, 15) is 14.4 Å². The minimum atomic E-state index is -3.02. The molecule has 1 saturated carbocycles. The van der Waals surface area contributed by atoms with E-state index < -0.39 is 14.4 Å². The van der Waals surface area contributed by atoms with E-state index in [0.29, 0.717) is 11.8 Å². The molecule has 0 spiro atoms. The van der Waals surface area contributed by atoms with Gasteiger partial charge in [-0.2, -0.15) is 0 Å². The molecule has 208 valence electrons. The van der Waals surface area contributed by atoms with Gasteiger partial charge in [0, 0.05) is 0 Å². The van der Waals surface area contributed by atoms with Crippen LogP contribution in [0.15, 0.2) is 103 Å². The average molecular weight is 554 g/mol. The van der Waals surface area contributed by atoms with Gasteiger partial charge in [0.25, 0.3) is 14.2 Å². The van der Waals surface area contributed by atoms with Crippen molar-refractivity contribution in [1.29, 1.82) is 0 Å². The molecule has 1 N–H and O–H groups in total. The summed E-state index contributed by atoms with van der Waals surface area (Å²) >= 11 is 0. The number of amides is 2. The van der Waals surface area contributed by atoms with Crippen LogP contribution in [0.25, 0.3) is 0 Å². The highest BCUT2D eigenvalue weighted by atomic mass is 28.4. The standard InChI is InChI=1S/C34H39NO4Si/c1-34(2,40(38,29-14-8-4-9-15-29)30-16-10-5-11-17-30)24-27-20-18-26(19-21-27)22-23-32(36)35-31(25-39-33(35)37)28-12-6-3-7-13-28/h3-17,22-23,26-27,31,38H,18-21,24-25H2,1-2H3/b23-22+/t26-,27-,31-/m0/s1. The monoisotopic (exact) mass is 553 g/mol. The minimum absolute atomic E-state index is 0.185. The van der Waals surface area contributed by atoms with Gasteiger partial charge in [0.15, 0.2) is 0 Å². The lowest BCUT2D eigenvalue weighted by molar-refractivity contribution is -0.124. The molecule has 5 nitrogen and oxygen atoms in total. The minimum Gasteiger partial charge on any atom is -0.446 e. The fourth-order valence-electron chi connectivity index (χ4n) is 6.65. The lowest BCUT2D eigenvalue weighted by Gasteiger charge is -2.44. The molecule has 3 aromatic rings. The van der Waals surface area contributed by atoms with E-state index in [4.69, 9.17) is 4.74 Å². The summed E-state index contributed by atoms with van der Waals surface area (Å²) in [5.74, 6) is 0.496. The molecule has 40 heavy (non-hydrogen) atoms. The Balaban J connectivity index is 1.23. The summed E-state index contributed by atoms with van der Waals surface area (Å²) in [6, 6.07) is 29.6. The number of hydrogen-bond acceptors (Lipinski definition) is 4. The molecule has 1 heterocycles. The third-order valence-corrected chi connectivity index (χ3v) is 13.4. The maximum atomic E-state index is 13.0. The first-order valence-corrected chi connectivity index (χ1v) is 16.3. The predicted molar refractivity (Wildman–Crippen MR) is 161 cm³/mol. The second-order valence-corrected chi connectivity index (χ2v) is 15.8. The molecule has 1 atom stereocenters. The van der Waals surface area contributed by atoms with Gasteiger partial charge in [-0.3, -0.25) is 4.79 Å². The van der Waals surface area contributed by atoms with Crippen LogP contribution in [0.2, 0.25) is 5.04 Å². The molecule has 0 radical (unpaired) electrons. The number of hydrogen-bond donors (Lipinski definition) is 1. The topological polar surface area (TPSA) is 66.8 Å². The van der Waals surface area contributed by atoms with Crippen molar-refractivity contribution in [3.05, 3.63) is 109 Å². The van der Waals surface area contributed by atoms with Gasteiger partial charge < -0.3 is 9.53 Å². The quantitative estimate of drug-likeness (QED) is 0.275. The first kappa shape index (κ1) is 28.1.